The molecular formula is C19H28N2. The molecule has 21 heavy (non-hydrogen) atoms. The van der Waals surface area contributed by atoms with E-state index in [9.17, 15) is 0 Å². The fourth-order valence-corrected chi connectivity index (χ4v) is 3.60. The molecule has 1 aromatic rings. The molecule has 114 valence electrons. The molecule has 0 atom stereocenters. The van der Waals surface area contributed by atoms with E-state index < -0.39 is 0 Å². The quantitative estimate of drug-likeness (QED) is 0.834. The number of rotatable bonds is 4. The Bertz CT molecular complexity index is 449. The minimum atomic E-state index is 0.898. The number of aryl methyl sites for hydroxylation is 1. The Hall–Kier alpha value is -1.12. The Kier molecular flexibility index (Phi) is 5.10. The zero-order valence-electron chi connectivity index (χ0n) is 13.3. The van der Waals surface area contributed by atoms with Gasteiger partial charge in [-0.05, 0) is 25.3 Å². The van der Waals surface area contributed by atoms with Crippen molar-refractivity contribution in [3.8, 4) is 0 Å². The van der Waals surface area contributed by atoms with Gasteiger partial charge in [0, 0.05) is 38.8 Å². The maximum absolute atomic E-state index is 2.73. The van der Waals surface area contributed by atoms with Gasteiger partial charge < -0.3 is 0 Å². The molecular weight excluding hydrogens is 256 g/mol. The van der Waals surface area contributed by atoms with E-state index in [2.05, 4.69) is 53.1 Å². The lowest BCUT2D eigenvalue weighted by atomic mass is 10.1. The van der Waals surface area contributed by atoms with Crippen LogP contribution in [0.4, 0.5) is 0 Å². The third-order valence-electron chi connectivity index (χ3n) is 5.00. The van der Waals surface area contributed by atoms with Crippen LogP contribution in [0.5, 0.6) is 0 Å². The van der Waals surface area contributed by atoms with E-state index in [1.54, 1.807) is 0 Å². The van der Waals surface area contributed by atoms with E-state index in [4.69, 9.17) is 0 Å². The Morgan fingerprint density at radius 3 is 2.33 bits per heavy atom. The molecule has 0 aromatic heterocycles. The van der Waals surface area contributed by atoms with Gasteiger partial charge in [-0.1, -0.05) is 54.8 Å². The van der Waals surface area contributed by atoms with Crippen LogP contribution in [0, 0.1) is 6.92 Å². The molecule has 1 aromatic carbocycles. The first-order chi connectivity index (χ1) is 10.3. The highest BCUT2D eigenvalue weighted by atomic mass is 15.3. The van der Waals surface area contributed by atoms with E-state index >= 15 is 0 Å². The van der Waals surface area contributed by atoms with Crippen molar-refractivity contribution in [2.75, 3.05) is 32.7 Å². The Morgan fingerprint density at radius 2 is 1.67 bits per heavy atom. The van der Waals surface area contributed by atoms with Gasteiger partial charge in [-0.25, -0.2) is 0 Å². The first-order valence-corrected chi connectivity index (χ1v) is 8.51. The topological polar surface area (TPSA) is 6.48 Å². The molecule has 2 aliphatic rings. The number of hydrogen-bond acceptors (Lipinski definition) is 2. The largest absolute Gasteiger partial charge is 0.298 e. The highest BCUT2D eigenvalue weighted by molar-refractivity contribution is 5.49. The summed E-state index contributed by atoms with van der Waals surface area (Å²) in [6.07, 6.45) is 10.3. The monoisotopic (exact) mass is 284 g/mol. The van der Waals surface area contributed by atoms with Crippen LogP contribution in [0.25, 0.3) is 6.08 Å². The summed E-state index contributed by atoms with van der Waals surface area (Å²) in [6.45, 7) is 8.22. The first kappa shape index (κ1) is 14.8. The maximum atomic E-state index is 2.73. The highest BCUT2D eigenvalue weighted by Crippen LogP contribution is 2.24. The van der Waals surface area contributed by atoms with Crippen LogP contribution in [0.1, 0.15) is 36.8 Å². The molecule has 0 spiro atoms. The Morgan fingerprint density at radius 1 is 1.00 bits per heavy atom. The summed E-state index contributed by atoms with van der Waals surface area (Å²) in [7, 11) is 0. The second-order valence-electron chi connectivity index (χ2n) is 6.59. The lowest BCUT2D eigenvalue weighted by Crippen LogP contribution is -2.49. The predicted molar refractivity (Wildman–Crippen MR) is 90.5 cm³/mol. The molecule has 1 saturated carbocycles. The van der Waals surface area contributed by atoms with Gasteiger partial charge in [0.05, 0.1) is 0 Å². The van der Waals surface area contributed by atoms with Crippen molar-refractivity contribution in [1.29, 1.82) is 0 Å². The summed E-state index contributed by atoms with van der Waals surface area (Å²) in [4.78, 5) is 5.31. The average Bonchev–Trinajstić information content (AvgIpc) is 3.04. The van der Waals surface area contributed by atoms with Crippen molar-refractivity contribution in [2.45, 2.75) is 38.6 Å². The third kappa shape index (κ3) is 4.18. The molecule has 2 nitrogen and oxygen atoms in total. The van der Waals surface area contributed by atoms with Gasteiger partial charge in [0.2, 0.25) is 0 Å². The molecule has 3 rings (SSSR count). The minimum absolute atomic E-state index is 0.898. The second-order valence-corrected chi connectivity index (χ2v) is 6.59. The van der Waals surface area contributed by atoms with E-state index in [1.807, 2.05) is 0 Å². The molecule has 0 unspecified atom stereocenters. The lowest BCUT2D eigenvalue weighted by molar-refractivity contribution is 0.105. The standard InChI is InChI=1S/C19H28N2/c1-17-8-10-18(11-9-17)5-4-12-20-13-15-21(16-14-20)19-6-2-3-7-19/h4-5,8-11,19H,2-3,6-7,12-16H2,1H3/b5-4+. The summed E-state index contributed by atoms with van der Waals surface area (Å²) in [5.74, 6) is 0. The zero-order valence-corrected chi connectivity index (χ0v) is 13.3. The smallest absolute Gasteiger partial charge is 0.0167 e. The van der Waals surface area contributed by atoms with Crippen molar-refractivity contribution in [1.82, 2.24) is 9.80 Å². The molecule has 0 bridgehead atoms. The maximum Gasteiger partial charge on any atom is 0.0167 e. The Labute approximate surface area is 129 Å². The molecule has 1 heterocycles. The van der Waals surface area contributed by atoms with Gasteiger partial charge in [0.1, 0.15) is 0 Å². The molecule has 1 aliphatic carbocycles. The van der Waals surface area contributed by atoms with E-state index in [0.717, 1.165) is 12.6 Å². The van der Waals surface area contributed by atoms with Crippen LogP contribution in [0.15, 0.2) is 30.3 Å². The predicted octanol–water partition coefficient (Wildman–Crippen LogP) is 3.57. The number of benzene rings is 1. The van der Waals surface area contributed by atoms with Crippen LogP contribution < -0.4 is 0 Å². The first-order valence-electron chi connectivity index (χ1n) is 8.51. The van der Waals surface area contributed by atoms with Gasteiger partial charge >= 0.3 is 0 Å². The summed E-state index contributed by atoms with van der Waals surface area (Å²) in [5, 5.41) is 0. The summed E-state index contributed by atoms with van der Waals surface area (Å²) in [5.41, 5.74) is 2.64. The number of nitrogens with zero attached hydrogens (tertiary/aromatic N) is 2. The van der Waals surface area contributed by atoms with Gasteiger partial charge in [-0.2, -0.15) is 0 Å². The summed E-state index contributed by atoms with van der Waals surface area (Å²) < 4.78 is 0. The highest BCUT2D eigenvalue weighted by Gasteiger charge is 2.25. The molecule has 1 saturated heterocycles. The SMILES string of the molecule is Cc1ccc(/C=C/CN2CCN(C3CCCC3)CC2)cc1. The minimum Gasteiger partial charge on any atom is -0.298 e. The van der Waals surface area contributed by atoms with Gasteiger partial charge in [-0.3, -0.25) is 9.80 Å². The van der Waals surface area contributed by atoms with E-state index in [1.165, 1.54) is 63.0 Å². The van der Waals surface area contributed by atoms with Crippen molar-refractivity contribution in [2.24, 2.45) is 0 Å². The molecule has 0 amide bonds. The molecule has 2 heteroatoms. The van der Waals surface area contributed by atoms with Crippen LogP contribution in [0.3, 0.4) is 0 Å². The number of piperazine rings is 1. The van der Waals surface area contributed by atoms with E-state index in [0.29, 0.717) is 0 Å². The summed E-state index contributed by atoms with van der Waals surface area (Å²) >= 11 is 0. The van der Waals surface area contributed by atoms with E-state index in [-0.39, 0.29) is 0 Å². The average molecular weight is 284 g/mol. The van der Waals surface area contributed by atoms with Crippen molar-refractivity contribution >= 4 is 6.08 Å². The van der Waals surface area contributed by atoms with Crippen LogP contribution in [-0.2, 0) is 0 Å². The molecule has 0 radical (unpaired) electrons. The fourth-order valence-electron chi connectivity index (χ4n) is 3.60. The lowest BCUT2D eigenvalue weighted by Gasteiger charge is -2.37. The molecule has 2 fully saturated rings. The van der Waals surface area contributed by atoms with Crippen molar-refractivity contribution < 1.29 is 0 Å². The van der Waals surface area contributed by atoms with Crippen molar-refractivity contribution in [3.05, 3.63) is 41.5 Å². The number of hydrogen-bond donors (Lipinski definition) is 0. The molecule has 0 N–H and O–H groups in total. The van der Waals surface area contributed by atoms with Crippen LogP contribution in [0.2, 0.25) is 0 Å². The Balaban J connectivity index is 1.41. The third-order valence-corrected chi connectivity index (χ3v) is 5.00. The second kappa shape index (κ2) is 7.24. The normalized spacial score (nSPS) is 22.3. The van der Waals surface area contributed by atoms with Gasteiger partial charge in [0.15, 0.2) is 0 Å². The van der Waals surface area contributed by atoms with Crippen molar-refractivity contribution in [3.63, 3.8) is 0 Å². The zero-order chi connectivity index (χ0) is 14.5. The van der Waals surface area contributed by atoms with Gasteiger partial charge in [-0.15, -0.1) is 0 Å². The van der Waals surface area contributed by atoms with Gasteiger partial charge in [0.25, 0.3) is 0 Å². The van der Waals surface area contributed by atoms with Crippen LogP contribution in [-0.4, -0.2) is 48.6 Å². The van der Waals surface area contributed by atoms with Crippen LogP contribution >= 0.6 is 0 Å². The molecule has 1 aliphatic heterocycles. The summed E-state index contributed by atoms with van der Waals surface area (Å²) in [6, 6.07) is 9.66. The fraction of sp³-hybridized carbons (Fsp3) is 0.579.